The number of guanidine groups is 1. The van der Waals surface area contributed by atoms with E-state index in [0.717, 1.165) is 11.6 Å². The fourth-order valence-corrected chi connectivity index (χ4v) is 2.57. The number of halogens is 4. The van der Waals surface area contributed by atoms with Crippen LogP contribution in [0.25, 0.3) is 0 Å². The van der Waals surface area contributed by atoms with Gasteiger partial charge in [0.1, 0.15) is 5.69 Å². The minimum Gasteiger partial charge on any atom is -0.326 e. The summed E-state index contributed by atoms with van der Waals surface area (Å²) >= 11 is 5.90. The number of hydrogen-bond donors (Lipinski definition) is 3. The van der Waals surface area contributed by atoms with Crippen LogP contribution in [0.2, 0.25) is 5.02 Å². The summed E-state index contributed by atoms with van der Waals surface area (Å²) in [4.78, 5) is 16.5. The summed E-state index contributed by atoms with van der Waals surface area (Å²) < 4.78 is 38.3. The van der Waals surface area contributed by atoms with Gasteiger partial charge in [-0.3, -0.25) is 15.2 Å². The van der Waals surface area contributed by atoms with Crippen molar-refractivity contribution in [2.45, 2.75) is 13.1 Å². The number of alkyl halides is 3. The zero-order valence-electron chi connectivity index (χ0n) is 15.0. The molecule has 3 N–H and O–H groups in total. The average molecular weight is 422 g/mol. The first-order chi connectivity index (χ1) is 13.7. The van der Waals surface area contributed by atoms with Gasteiger partial charge in [-0.2, -0.15) is 23.3 Å². The molecule has 0 unspecified atom stereocenters. The van der Waals surface area contributed by atoms with Gasteiger partial charge in [0.25, 0.3) is 5.91 Å². The number of aliphatic imine (C=N–C) groups is 1. The van der Waals surface area contributed by atoms with Gasteiger partial charge in [-0.1, -0.05) is 29.8 Å². The van der Waals surface area contributed by atoms with Gasteiger partial charge in [-0.25, -0.2) is 0 Å². The number of carbonyl (C=O) groups excluding carboxylic acids is 1. The van der Waals surface area contributed by atoms with Gasteiger partial charge in [0.05, 0.1) is 0 Å². The van der Waals surface area contributed by atoms with Crippen molar-refractivity contribution in [2.75, 3.05) is 5.32 Å². The van der Waals surface area contributed by atoms with Crippen LogP contribution >= 0.6 is 11.6 Å². The quantitative estimate of drug-likeness (QED) is 0.414. The Kier molecular flexibility index (Phi) is 5.88. The van der Waals surface area contributed by atoms with Crippen molar-refractivity contribution in [1.82, 2.24) is 15.5 Å². The van der Waals surface area contributed by atoms with E-state index >= 15 is 0 Å². The lowest BCUT2D eigenvalue weighted by atomic mass is 10.2. The first-order valence-corrected chi connectivity index (χ1v) is 8.70. The van der Waals surface area contributed by atoms with E-state index in [1.54, 1.807) is 36.4 Å². The molecule has 0 aliphatic rings. The van der Waals surface area contributed by atoms with E-state index < -0.39 is 17.8 Å². The number of anilines is 1. The van der Waals surface area contributed by atoms with Crippen molar-refractivity contribution in [3.8, 4) is 0 Å². The smallest absolute Gasteiger partial charge is 0.326 e. The summed E-state index contributed by atoms with van der Waals surface area (Å²) in [5.41, 5.74) is 0.734. The predicted octanol–water partition coefficient (Wildman–Crippen LogP) is 4.92. The lowest BCUT2D eigenvalue weighted by Gasteiger charge is -2.12. The number of aryl methyl sites for hydroxylation is 1. The number of rotatable bonds is 3. The van der Waals surface area contributed by atoms with E-state index in [0.29, 0.717) is 10.7 Å². The minimum atomic E-state index is -4.59. The van der Waals surface area contributed by atoms with E-state index in [1.807, 2.05) is 18.1 Å². The van der Waals surface area contributed by atoms with Crippen LogP contribution in [0, 0.1) is 6.92 Å². The van der Waals surface area contributed by atoms with Crippen LogP contribution in [0.15, 0.2) is 59.6 Å². The van der Waals surface area contributed by atoms with Crippen molar-refractivity contribution >= 4 is 35.0 Å². The number of amides is 1. The lowest BCUT2D eigenvalue weighted by Crippen LogP contribution is -2.35. The topological polar surface area (TPSA) is 82.2 Å². The highest BCUT2D eigenvalue weighted by atomic mass is 35.5. The molecule has 6 nitrogen and oxygen atoms in total. The van der Waals surface area contributed by atoms with Crippen molar-refractivity contribution in [3.05, 3.63) is 76.4 Å². The molecule has 10 heteroatoms. The highest BCUT2D eigenvalue weighted by Crippen LogP contribution is 2.29. The lowest BCUT2D eigenvalue weighted by molar-refractivity contribution is -0.141. The molecule has 3 rings (SSSR count). The Labute approximate surface area is 168 Å². The molecule has 1 aromatic heterocycles. The third-order valence-electron chi connectivity index (χ3n) is 3.70. The fourth-order valence-electron chi connectivity index (χ4n) is 2.38. The Morgan fingerprint density at radius 2 is 1.90 bits per heavy atom. The summed E-state index contributed by atoms with van der Waals surface area (Å²) in [6.45, 7) is 1.87. The molecule has 0 fully saturated rings. The number of hydrogen-bond acceptors (Lipinski definition) is 3. The number of H-pyrrole nitrogens is 1. The van der Waals surface area contributed by atoms with Crippen LogP contribution < -0.4 is 10.6 Å². The third-order valence-corrected chi connectivity index (χ3v) is 3.93. The maximum atomic E-state index is 12.8. The van der Waals surface area contributed by atoms with E-state index in [1.165, 1.54) is 6.07 Å². The van der Waals surface area contributed by atoms with E-state index in [-0.39, 0.29) is 17.3 Å². The molecule has 1 heterocycles. The maximum Gasteiger partial charge on any atom is 0.432 e. The second-order valence-corrected chi connectivity index (χ2v) is 6.49. The summed E-state index contributed by atoms with van der Waals surface area (Å²) in [5, 5.41) is 11.2. The van der Waals surface area contributed by atoms with Crippen LogP contribution in [0.1, 0.15) is 21.6 Å². The molecule has 3 aromatic rings. The van der Waals surface area contributed by atoms with Crippen LogP contribution in [0.5, 0.6) is 0 Å². The molecular weight excluding hydrogens is 407 g/mol. The molecular formula is C19H15ClF3N5O. The van der Waals surface area contributed by atoms with Gasteiger partial charge < -0.3 is 5.32 Å². The van der Waals surface area contributed by atoms with Gasteiger partial charge in [-0.15, -0.1) is 0 Å². The SMILES string of the molecule is Cc1cccc(NC(=Nc2cc(C(F)(F)F)[nH]n2)NC(=O)c2cccc(Cl)c2)c1. The average Bonchev–Trinajstić information content (AvgIpc) is 3.10. The van der Waals surface area contributed by atoms with Gasteiger partial charge in [-0.05, 0) is 42.8 Å². The number of carbonyl (C=O) groups is 1. The monoisotopic (exact) mass is 421 g/mol. The molecule has 0 saturated heterocycles. The van der Waals surface area contributed by atoms with E-state index in [4.69, 9.17) is 11.6 Å². The van der Waals surface area contributed by atoms with Gasteiger partial charge >= 0.3 is 6.18 Å². The molecule has 0 atom stereocenters. The highest BCUT2D eigenvalue weighted by molar-refractivity contribution is 6.31. The number of nitrogens with one attached hydrogen (secondary N) is 3. The number of aromatic amines is 1. The number of benzene rings is 2. The van der Waals surface area contributed by atoms with Crippen LogP contribution in [0.4, 0.5) is 24.7 Å². The van der Waals surface area contributed by atoms with Gasteiger partial charge in [0.15, 0.2) is 5.82 Å². The summed E-state index contributed by atoms with van der Waals surface area (Å²) in [6, 6.07) is 14.1. The number of aromatic nitrogens is 2. The summed E-state index contributed by atoms with van der Waals surface area (Å²) in [6.07, 6.45) is -4.59. The minimum absolute atomic E-state index is 0.0965. The molecule has 0 aliphatic heterocycles. The Morgan fingerprint density at radius 3 is 2.55 bits per heavy atom. The van der Waals surface area contributed by atoms with Crippen molar-refractivity contribution in [2.24, 2.45) is 4.99 Å². The molecule has 0 bridgehead atoms. The first kappa shape index (κ1) is 20.4. The maximum absolute atomic E-state index is 12.8. The normalized spacial score (nSPS) is 12.0. The summed E-state index contributed by atoms with van der Waals surface area (Å²) in [7, 11) is 0. The van der Waals surface area contributed by atoms with Gasteiger partial charge in [0.2, 0.25) is 5.96 Å². The van der Waals surface area contributed by atoms with Crippen molar-refractivity contribution in [1.29, 1.82) is 0 Å². The predicted molar refractivity (Wildman–Crippen MR) is 104 cm³/mol. The van der Waals surface area contributed by atoms with Crippen molar-refractivity contribution < 1.29 is 18.0 Å². The fraction of sp³-hybridized carbons (Fsp3) is 0.105. The molecule has 150 valence electrons. The second-order valence-electron chi connectivity index (χ2n) is 6.06. The Morgan fingerprint density at radius 1 is 1.14 bits per heavy atom. The summed E-state index contributed by atoms with van der Waals surface area (Å²) in [5.74, 6) is -0.891. The standard InChI is InChI=1S/C19H15ClF3N5O/c1-11-4-2-7-14(8-11)24-18(25-16-10-15(27-28-16)19(21,22)23)26-17(29)12-5-3-6-13(20)9-12/h2-10H,1H3,(H3,24,25,26,27,28,29). The molecule has 0 saturated carbocycles. The van der Waals surface area contributed by atoms with Crippen LogP contribution in [-0.2, 0) is 6.18 Å². The Hall–Kier alpha value is -3.33. The molecule has 0 aliphatic carbocycles. The molecule has 1 amide bonds. The second kappa shape index (κ2) is 8.36. The van der Waals surface area contributed by atoms with Crippen LogP contribution in [-0.4, -0.2) is 22.1 Å². The van der Waals surface area contributed by atoms with E-state index in [2.05, 4.69) is 20.7 Å². The molecule has 0 radical (unpaired) electrons. The Balaban J connectivity index is 1.90. The zero-order valence-corrected chi connectivity index (χ0v) is 15.8. The Bertz CT molecular complexity index is 1060. The molecule has 2 aromatic carbocycles. The third kappa shape index (κ3) is 5.58. The number of nitrogens with zero attached hydrogens (tertiary/aromatic N) is 2. The largest absolute Gasteiger partial charge is 0.432 e. The van der Waals surface area contributed by atoms with Gasteiger partial charge in [0, 0.05) is 22.3 Å². The first-order valence-electron chi connectivity index (χ1n) is 8.32. The molecule has 0 spiro atoms. The van der Waals surface area contributed by atoms with Crippen LogP contribution in [0.3, 0.4) is 0 Å². The van der Waals surface area contributed by atoms with Crippen molar-refractivity contribution in [3.63, 3.8) is 0 Å². The zero-order chi connectivity index (χ0) is 21.0. The van der Waals surface area contributed by atoms with E-state index in [9.17, 15) is 18.0 Å². The highest BCUT2D eigenvalue weighted by Gasteiger charge is 2.33. The molecule has 29 heavy (non-hydrogen) atoms.